The van der Waals surface area contributed by atoms with Crippen LogP contribution in [-0.2, 0) is 4.74 Å². The molecule has 0 radical (unpaired) electrons. The Balaban J connectivity index is 1.28. The minimum absolute atomic E-state index is 0.00492. The number of likely N-dealkylation sites (tertiary alicyclic amines) is 1. The number of ether oxygens (including phenoxy) is 2. The summed E-state index contributed by atoms with van der Waals surface area (Å²) in [5.74, 6) is 0.780. The van der Waals surface area contributed by atoms with Crippen molar-refractivity contribution in [1.82, 2.24) is 14.8 Å². The second-order valence-corrected chi connectivity index (χ2v) is 7.16. The maximum Gasteiger partial charge on any atom is 0.410 e. The number of hydrogen-bond acceptors (Lipinski definition) is 5. The van der Waals surface area contributed by atoms with E-state index in [0.717, 1.165) is 5.75 Å². The first-order valence-electron chi connectivity index (χ1n) is 9.50. The van der Waals surface area contributed by atoms with Crippen LogP contribution in [-0.4, -0.2) is 65.2 Å². The van der Waals surface area contributed by atoms with E-state index in [-0.39, 0.29) is 12.0 Å². The van der Waals surface area contributed by atoms with Crippen LogP contribution in [0.25, 0.3) is 0 Å². The van der Waals surface area contributed by atoms with Crippen molar-refractivity contribution in [1.29, 1.82) is 0 Å². The van der Waals surface area contributed by atoms with Crippen LogP contribution in [0.4, 0.5) is 4.79 Å². The second-order valence-electron chi connectivity index (χ2n) is 7.16. The van der Waals surface area contributed by atoms with Gasteiger partial charge in [0.05, 0.1) is 13.1 Å². The molecule has 4 rings (SSSR count). The number of aromatic nitrogens is 1. The molecular formula is C21H23N3O4. The molecule has 28 heavy (non-hydrogen) atoms. The highest BCUT2D eigenvalue weighted by Gasteiger charge is 2.47. The summed E-state index contributed by atoms with van der Waals surface area (Å²) in [7, 11) is 0. The maximum atomic E-state index is 12.6. The smallest absolute Gasteiger partial charge is 0.410 e. The first kappa shape index (κ1) is 18.3. The van der Waals surface area contributed by atoms with Gasteiger partial charge in [-0.1, -0.05) is 18.2 Å². The van der Waals surface area contributed by atoms with Crippen molar-refractivity contribution in [2.45, 2.75) is 18.4 Å². The Kier molecular flexibility index (Phi) is 5.14. The maximum absolute atomic E-state index is 12.6. The van der Waals surface area contributed by atoms with E-state index < -0.39 is 5.60 Å². The van der Waals surface area contributed by atoms with Crippen molar-refractivity contribution in [3.8, 4) is 5.75 Å². The molecule has 0 aliphatic carbocycles. The molecule has 2 fully saturated rings. The summed E-state index contributed by atoms with van der Waals surface area (Å²) >= 11 is 0. The standard InChI is InChI=1S/C21H23N3O4/c25-19(17-6-10-22-11-7-17)23-12-8-21(9-13-23)16-24(20(26)28-21)14-15-27-18-4-2-1-3-5-18/h1-7,10-11H,8-9,12-16H2. The lowest BCUT2D eigenvalue weighted by atomic mass is 9.91. The molecule has 3 heterocycles. The van der Waals surface area contributed by atoms with Crippen LogP contribution in [0.5, 0.6) is 5.75 Å². The Labute approximate surface area is 163 Å². The molecule has 1 aromatic carbocycles. The molecular weight excluding hydrogens is 358 g/mol. The molecule has 2 aliphatic heterocycles. The zero-order chi connectivity index (χ0) is 19.4. The Morgan fingerprint density at radius 3 is 2.54 bits per heavy atom. The van der Waals surface area contributed by atoms with E-state index in [2.05, 4.69) is 4.98 Å². The average molecular weight is 381 g/mol. The largest absolute Gasteiger partial charge is 0.492 e. The number of piperidine rings is 1. The summed E-state index contributed by atoms with van der Waals surface area (Å²) in [5.41, 5.74) is 0.132. The van der Waals surface area contributed by atoms with E-state index >= 15 is 0 Å². The van der Waals surface area contributed by atoms with Gasteiger partial charge in [0, 0.05) is 43.9 Å². The third kappa shape index (κ3) is 3.93. The fourth-order valence-corrected chi connectivity index (χ4v) is 3.71. The Hall–Kier alpha value is -3.09. The lowest BCUT2D eigenvalue weighted by Crippen LogP contribution is -2.48. The molecule has 0 saturated carbocycles. The predicted octanol–water partition coefficient (Wildman–Crippen LogP) is 2.59. The van der Waals surface area contributed by atoms with Crippen molar-refractivity contribution < 1.29 is 19.1 Å². The van der Waals surface area contributed by atoms with Gasteiger partial charge in [0.25, 0.3) is 5.91 Å². The molecule has 7 heteroatoms. The number of carbonyl (C=O) groups excluding carboxylic acids is 2. The first-order valence-corrected chi connectivity index (χ1v) is 9.50. The van der Waals surface area contributed by atoms with Crippen molar-refractivity contribution in [3.63, 3.8) is 0 Å². The van der Waals surface area contributed by atoms with Crippen LogP contribution < -0.4 is 4.74 Å². The van der Waals surface area contributed by atoms with Gasteiger partial charge in [-0.25, -0.2) is 4.79 Å². The van der Waals surface area contributed by atoms with Crippen molar-refractivity contribution >= 4 is 12.0 Å². The molecule has 0 N–H and O–H groups in total. The average Bonchev–Trinajstić information content (AvgIpc) is 3.04. The van der Waals surface area contributed by atoms with Crippen LogP contribution in [0.15, 0.2) is 54.9 Å². The number of carbonyl (C=O) groups is 2. The third-order valence-corrected chi connectivity index (χ3v) is 5.30. The molecule has 0 bridgehead atoms. The van der Waals surface area contributed by atoms with Gasteiger partial charge in [0.15, 0.2) is 0 Å². The van der Waals surface area contributed by atoms with Gasteiger partial charge in [0.1, 0.15) is 18.0 Å². The van der Waals surface area contributed by atoms with Crippen LogP contribution in [0.2, 0.25) is 0 Å². The highest BCUT2D eigenvalue weighted by Crippen LogP contribution is 2.33. The van der Waals surface area contributed by atoms with Gasteiger partial charge in [-0.05, 0) is 24.3 Å². The van der Waals surface area contributed by atoms with Crippen LogP contribution >= 0.6 is 0 Å². The SMILES string of the molecule is O=C1OC2(CCN(C(=O)c3ccncc3)CC2)CN1CCOc1ccccc1. The molecule has 146 valence electrons. The van der Waals surface area contributed by atoms with Crippen molar-refractivity contribution in [2.24, 2.45) is 0 Å². The highest BCUT2D eigenvalue weighted by atomic mass is 16.6. The zero-order valence-corrected chi connectivity index (χ0v) is 15.6. The van der Waals surface area contributed by atoms with Crippen LogP contribution in [0.1, 0.15) is 23.2 Å². The number of amides is 2. The van der Waals surface area contributed by atoms with Gasteiger partial charge in [0.2, 0.25) is 0 Å². The van der Waals surface area contributed by atoms with Crippen molar-refractivity contribution in [2.75, 3.05) is 32.8 Å². The lowest BCUT2D eigenvalue weighted by Gasteiger charge is -2.37. The number of hydrogen-bond donors (Lipinski definition) is 0. The minimum atomic E-state index is -0.501. The van der Waals surface area contributed by atoms with Gasteiger partial charge in [-0.15, -0.1) is 0 Å². The molecule has 2 aromatic rings. The molecule has 0 atom stereocenters. The summed E-state index contributed by atoms with van der Waals surface area (Å²) in [6.45, 7) is 2.59. The molecule has 0 unspecified atom stereocenters. The molecule has 2 amide bonds. The van der Waals surface area contributed by atoms with Gasteiger partial charge < -0.3 is 19.3 Å². The van der Waals surface area contributed by atoms with E-state index in [4.69, 9.17) is 9.47 Å². The number of rotatable bonds is 5. The van der Waals surface area contributed by atoms with Gasteiger partial charge >= 0.3 is 6.09 Å². The van der Waals surface area contributed by atoms with E-state index in [1.807, 2.05) is 35.2 Å². The molecule has 7 nitrogen and oxygen atoms in total. The molecule has 1 spiro atoms. The Bertz CT molecular complexity index is 820. The van der Waals surface area contributed by atoms with E-state index in [1.165, 1.54) is 0 Å². The summed E-state index contributed by atoms with van der Waals surface area (Å²) in [6, 6.07) is 13.0. The lowest BCUT2D eigenvalue weighted by molar-refractivity contribution is 0.00312. The summed E-state index contributed by atoms with van der Waals surface area (Å²) in [5, 5.41) is 0. The van der Waals surface area contributed by atoms with Gasteiger partial charge in [-0.2, -0.15) is 0 Å². The first-order chi connectivity index (χ1) is 13.7. The topological polar surface area (TPSA) is 72.0 Å². The van der Waals surface area contributed by atoms with Crippen molar-refractivity contribution in [3.05, 3.63) is 60.4 Å². The van der Waals surface area contributed by atoms with E-state index in [1.54, 1.807) is 29.4 Å². The predicted molar refractivity (Wildman–Crippen MR) is 102 cm³/mol. The number of para-hydroxylation sites is 1. The van der Waals surface area contributed by atoms with E-state index in [9.17, 15) is 9.59 Å². The highest BCUT2D eigenvalue weighted by molar-refractivity contribution is 5.94. The normalized spacial score (nSPS) is 18.2. The number of pyridine rings is 1. The second kappa shape index (κ2) is 7.88. The zero-order valence-electron chi connectivity index (χ0n) is 15.6. The monoisotopic (exact) mass is 381 g/mol. The molecule has 2 saturated heterocycles. The Morgan fingerprint density at radius 1 is 1.11 bits per heavy atom. The fraction of sp³-hybridized carbons (Fsp3) is 0.381. The summed E-state index contributed by atoms with van der Waals surface area (Å²) < 4.78 is 11.4. The molecule has 1 aromatic heterocycles. The third-order valence-electron chi connectivity index (χ3n) is 5.30. The minimum Gasteiger partial charge on any atom is -0.492 e. The number of benzene rings is 1. The quantitative estimate of drug-likeness (QED) is 0.796. The summed E-state index contributed by atoms with van der Waals surface area (Å²) in [6.07, 6.45) is 4.22. The summed E-state index contributed by atoms with van der Waals surface area (Å²) in [4.78, 5) is 32.3. The van der Waals surface area contributed by atoms with Crippen LogP contribution in [0, 0.1) is 0 Å². The molecule has 2 aliphatic rings. The fourth-order valence-electron chi connectivity index (χ4n) is 3.71. The van der Waals surface area contributed by atoms with E-state index in [0.29, 0.717) is 51.2 Å². The van der Waals surface area contributed by atoms with Gasteiger partial charge in [-0.3, -0.25) is 9.78 Å². The Morgan fingerprint density at radius 2 is 1.82 bits per heavy atom. The van der Waals surface area contributed by atoms with Crippen LogP contribution in [0.3, 0.4) is 0 Å². The number of nitrogens with zero attached hydrogens (tertiary/aromatic N) is 3.